The minimum absolute atomic E-state index is 0.116. The lowest BCUT2D eigenvalue weighted by Gasteiger charge is -2.15. The van der Waals surface area contributed by atoms with E-state index in [9.17, 15) is 9.59 Å². The summed E-state index contributed by atoms with van der Waals surface area (Å²) < 4.78 is 3.34. The lowest BCUT2D eigenvalue weighted by Crippen LogP contribution is -2.27. The first-order valence-electron chi connectivity index (χ1n) is 10.9. The summed E-state index contributed by atoms with van der Waals surface area (Å²) in [5, 5.41) is 7.98. The van der Waals surface area contributed by atoms with Gasteiger partial charge < -0.3 is 5.32 Å². The Hall–Kier alpha value is -3.17. The lowest BCUT2D eigenvalue weighted by molar-refractivity contribution is -0.115. The zero-order chi connectivity index (χ0) is 24.6. The molecule has 1 atom stereocenters. The molecule has 1 aromatic carbocycles. The van der Waals surface area contributed by atoms with Gasteiger partial charge in [-0.3, -0.25) is 18.8 Å². The van der Waals surface area contributed by atoms with Gasteiger partial charge in [0, 0.05) is 18.5 Å². The maximum atomic E-state index is 13.5. The number of aryl methyl sites for hydroxylation is 3. The van der Waals surface area contributed by atoms with Crippen molar-refractivity contribution in [1.82, 2.24) is 19.3 Å². The Morgan fingerprint density at radius 3 is 2.59 bits per heavy atom. The normalized spacial score (nSPS) is 12.1. The molecule has 0 fully saturated rings. The number of amides is 1. The number of aromatic nitrogens is 4. The molecule has 1 N–H and O–H groups in total. The second-order valence-corrected chi connectivity index (χ2v) is 10.4. The van der Waals surface area contributed by atoms with Crippen LogP contribution in [0.1, 0.15) is 23.9 Å². The third-order valence-electron chi connectivity index (χ3n) is 5.77. The predicted molar refractivity (Wildman–Crippen MR) is 141 cm³/mol. The maximum Gasteiger partial charge on any atom is 0.263 e. The van der Waals surface area contributed by atoms with E-state index in [2.05, 4.69) is 17.0 Å². The summed E-state index contributed by atoms with van der Waals surface area (Å²) in [5.41, 5.74) is 4.22. The van der Waals surface area contributed by atoms with Crippen LogP contribution in [0.15, 0.2) is 52.9 Å². The van der Waals surface area contributed by atoms with E-state index in [1.54, 1.807) is 15.3 Å². The third kappa shape index (κ3) is 4.33. The minimum Gasteiger partial charge on any atom is -0.322 e. The van der Waals surface area contributed by atoms with E-state index in [4.69, 9.17) is 4.98 Å². The van der Waals surface area contributed by atoms with Gasteiger partial charge in [0.2, 0.25) is 5.91 Å². The van der Waals surface area contributed by atoms with Crippen LogP contribution in [-0.4, -0.2) is 30.5 Å². The van der Waals surface area contributed by atoms with Crippen molar-refractivity contribution < 1.29 is 4.79 Å². The molecule has 0 aliphatic carbocycles. The van der Waals surface area contributed by atoms with Crippen molar-refractivity contribution in [2.24, 2.45) is 7.05 Å². The molecule has 0 bridgehead atoms. The Morgan fingerprint density at radius 1 is 1.26 bits per heavy atom. The summed E-state index contributed by atoms with van der Waals surface area (Å²) >= 11 is 2.77. The van der Waals surface area contributed by atoms with Crippen LogP contribution in [0, 0.1) is 20.8 Å². The van der Waals surface area contributed by atoms with E-state index >= 15 is 0 Å². The summed E-state index contributed by atoms with van der Waals surface area (Å²) in [4.78, 5) is 33.0. The van der Waals surface area contributed by atoms with Crippen molar-refractivity contribution in [3.8, 4) is 10.4 Å². The Morgan fingerprint density at radius 2 is 1.97 bits per heavy atom. The zero-order valence-corrected chi connectivity index (χ0v) is 21.5. The van der Waals surface area contributed by atoms with Crippen molar-refractivity contribution in [3.05, 3.63) is 70.3 Å². The molecule has 7 nitrogen and oxygen atoms in total. The Labute approximate surface area is 206 Å². The lowest BCUT2D eigenvalue weighted by atomic mass is 10.1. The highest BCUT2D eigenvalue weighted by Crippen LogP contribution is 2.37. The van der Waals surface area contributed by atoms with E-state index in [-0.39, 0.29) is 11.5 Å². The fraction of sp³-hybridized carbons (Fsp3) is 0.280. The van der Waals surface area contributed by atoms with E-state index < -0.39 is 5.25 Å². The van der Waals surface area contributed by atoms with Crippen molar-refractivity contribution in [3.63, 3.8) is 0 Å². The van der Waals surface area contributed by atoms with Crippen LogP contribution in [0.25, 0.3) is 20.7 Å². The van der Waals surface area contributed by atoms with Gasteiger partial charge >= 0.3 is 0 Å². The number of rotatable bonds is 7. The van der Waals surface area contributed by atoms with Gasteiger partial charge in [-0.1, -0.05) is 48.2 Å². The fourth-order valence-corrected chi connectivity index (χ4v) is 5.98. The first kappa shape index (κ1) is 24.0. The highest BCUT2D eigenvalue weighted by Gasteiger charge is 2.23. The molecule has 4 aromatic rings. The third-order valence-corrected chi connectivity index (χ3v) is 8.10. The van der Waals surface area contributed by atoms with E-state index in [0.29, 0.717) is 27.6 Å². The number of thioether (sulfide) groups is 1. The van der Waals surface area contributed by atoms with Crippen LogP contribution < -0.4 is 10.9 Å². The van der Waals surface area contributed by atoms with Gasteiger partial charge in [-0.05, 0) is 38.8 Å². The van der Waals surface area contributed by atoms with Crippen molar-refractivity contribution >= 4 is 44.9 Å². The number of hydrogen-bond donors (Lipinski definition) is 1. The van der Waals surface area contributed by atoms with Crippen LogP contribution in [0.5, 0.6) is 0 Å². The van der Waals surface area contributed by atoms with E-state index in [0.717, 1.165) is 27.4 Å². The molecule has 0 saturated heterocycles. The SMILES string of the molecule is C=CCn1c(SC(C)C(=O)Nc2c(C)nn(C)c2C)nc2sc(-c3ccccc3)c(C)c2c1=O. The topological polar surface area (TPSA) is 81.8 Å². The molecule has 0 aliphatic rings. The van der Waals surface area contributed by atoms with Gasteiger partial charge in [0.1, 0.15) is 4.83 Å². The zero-order valence-electron chi connectivity index (χ0n) is 19.9. The van der Waals surface area contributed by atoms with Crippen LogP contribution in [-0.2, 0) is 18.4 Å². The molecule has 1 amide bonds. The first-order chi connectivity index (χ1) is 16.2. The summed E-state index contributed by atoms with van der Waals surface area (Å²) in [6.07, 6.45) is 1.67. The van der Waals surface area contributed by atoms with Crippen molar-refractivity contribution in [2.45, 2.75) is 44.6 Å². The Kier molecular flexibility index (Phi) is 6.77. The van der Waals surface area contributed by atoms with E-state index in [1.807, 2.05) is 65.1 Å². The standard InChI is InChI=1S/C25H27N5O2S2/c1-7-13-30-24(32)19-14(2)21(18-11-9-8-10-12-18)34-23(19)27-25(30)33-17(5)22(31)26-20-15(3)28-29(6)16(20)4/h7-12,17H,1,13H2,2-6H3,(H,26,31). The molecule has 3 heterocycles. The molecule has 3 aromatic heterocycles. The predicted octanol–water partition coefficient (Wildman–Crippen LogP) is 5.09. The molecule has 0 aliphatic heterocycles. The van der Waals surface area contributed by atoms with Gasteiger partial charge in [0.05, 0.1) is 27.7 Å². The number of nitrogens with zero attached hydrogens (tertiary/aromatic N) is 4. The molecule has 176 valence electrons. The number of fused-ring (bicyclic) bond motifs is 1. The highest BCUT2D eigenvalue weighted by molar-refractivity contribution is 8.00. The fourth-order valence-electron chi connectivity index (χ4n) is 3.83. The average Bonchev–Trinajstić information content (AvgIpc) is 3.27. The summed E-state index contributed by atoms with van der Waals surface area (Å²) in [7, 11) is 1.84. The molecular formula is C25H27N5O2S2. The second-order valence-electron chi connectivity index (χ2n) is 8.12. The summed E-state index contributed by atoms with van der Waals surface area (Å²) in [6.45, 7) is 11.7. The largest absolute Gasteiger partial charge is 0.322 e. The number of anilines is 1. The smallest absolute Gasteiger partial charge is 0.263 e. The molecule has 4 rings (SSSR count). The number of benzene rings is 1. The number of nitrogens with one attached hydrogen (secondary N) is 1. The number of carbonyl (C=O) groups excluding carboxylic acids is 1. The Bertz CT molecular complexity index is 1450. The molecule has 0 spiro atoms. The molecule has 0 radical (unpaired) electrons. The van der Waals surface area contributed by atoms with Gasteiger partial charge in [-0.2, -0.15) is 5.10 Å². The summed E-state index contributed by atoms with van der Waals surface area (Å²) in [6, 6.07) is 10.00. The highest BCUT2D eigenvalue weighted by atomic mass is 32.2. The van der Waals surface area contributed by atoms with Gasteiger partial charge in [0.15, 0.2) is 5.16 Å². The van der Waals surface area contributed by atoms with Gasteiger partial charge in [-0.25, -0.2) is 4.98 Å². The van der Waals surface area contributed by atoms with Crippen LogP contribution in [0.2, 0.25) is 0 Å². The van der Waals surface area contributed by atoms with Crippen molar-refractivity contribution in [1.29, 1.82) is 0 Å². The van der Waals surface area contributed by atoms with Crippen LogP contribution in [0.4, 0.5) is 5.69 Å². The number of thiophene rings is 1. The second kappa shape index (κ2) is 9.60. The monoisotopic (exact) mass is 493 g/mol. The number of allylic oxidation sites excluding steroid dienone is 1. The minimum atomic E-state index is -0.478. The number of hydrogen-bond acceptors (Lipinski definition) is 6. The quantitative estimate of drug-likeness (QED) is 0.220. The molecule has 34 heavy (non-hydrogen) atoms. The van der Waals surface area contributed by atoms with E-state index in [1.165, 1.54) is 23.1 Å². The molecule has 0 saturated carbocycles. The van der Waals surface area contributed by atoms with Gasteiger partial charge in [0.25, 0.3) is 5.56 Å². The maximum absolute atomic E-state index is 13.5. The molecule has 9 heteroatoms. The number of carbonyl (C=O) groups is 1. The summed E-state index contributed by atoms with van der Waals surface area (Å²) in [5.74, 6) is -0.170. The Balaban J connectivity index is 1.71. The first-order valence-corrected chi connectivity index (χ1v) is 12.6. The average molecular weight is 494 g/mol. The molecule has 1 unspecified atom stereocenters. The van der Waals surface area contributed by atoms with Gasteiger partial charge in [-0.15, -0.1) is 17.9 Å². The van der Waals surface area contributed by atoms with Crippen LogP contribution in [0.3, 0.4) is 0 Å². The van der Waals surface area contributed by atoms with Crippen molar-refractivity contribution in [2.75, 3.05) is 5.32 Å². The van der Waals surface area contributed by atoms with Crippen LogP contribution >= 0.6 is 23.1 Å². The molecular weight excluding hydrogens is 466 g/mol.